The first-order valence-electron chi connectivity index (χ1n) is 3.92. The van der Waals surface area contributed by atoms with Crippen LogP contribution in [0.25, 0.3) is 0 Å². The van der Waals surface area contributed by atoms with Gasteiger partial charge in [0.05, 0.1) is 12.2 Å². The Morgan fingerprint density at radius 1 is 1.14 bits per heavy atom. The molecule has 0 saturated heterocycles. The van der Waals surface area contributed by atoms with Gasteiger partial charge in [0.25, 0.3) is 0 Å². The number of alkyl halides is 3. The fourth-order valence-electron chi connectivity index (χ4n) is 0.900. The van der Waals surface area contributed by atoms with Gasteiger partial charge in [-0.2, -0.15) is 13.2 Å². The first-order valence-corrected chi connectivity index (χ1v) is 4.50. The molecule has 1 rings (SSSR count). The molecule has 0 aliphatic carbocycles. The lowest BCUT2D eigenvalue weighted by Gasteiger charge is -2.08. The van der Waals surface area contributed by atoms with Gasteiger partial charge < -0.3 is 4.74 Å². The van der Waals surface area contributed by atoms with Crippen LogP contribution in [0.15, 0.2) is 24.3 Å². The molecule has 0 saturated carbocycles. The van der Waals surface area contributed by atoms with Crippen molar-refractivity contribution in [3.8, 4) is 5.75 Å². The van der Waals surface area contributed by atoms with E-state index in [9.17, 15) is 13.2 Å². The molecule has 1 aromatic rings. The molecule has 0 atom stereocenters. The Balaban J connectivity index is 2.69. The Morgan fingerprint density at radius 2 is 1.71 bits per heavy atom. The summed E-state index contributed by atoms with van der Waals surface area (Å²) in [5, 5.41) is 0. The molecule has 77 valence electrons. The highest BCUT2D eigenvalue weighted by Gasteiger charge is 2.29. The van der Waals surface area contributed by atoms with E-state index in [0.717, 1.165) is 12.1 Å². The van der Waals surface area contributed by atoms with Crippen LogP contribution in [0.3, 0.4) is 0 Å². The summed E-state index contributed by atoms with van der Waals surface area (Å²) < 4.78 is 41.4. The number of ether oxygens (including phenoxy) is 1. The summed E-state index contributed by atoms with van der Waals surface area (Å²) in [6.45, 7) is 0.334. The second-order valence-corrected chi connectivity index (χ2v) is 2.98. The zero-order valence-corrected chi connectivity index (χ0v) is 7.99. The molecule has 0 fully saturated rings. The number of benzene rings is 1. The molecule has 0 heterocycles. The highest BCUT2D eigenvalue weighted by atomic mass is 32.1. The van der Waals surface area contributed by atoms with Crippen molar-refractivity contribution < 1.29 is 17.9 Å². The molecule has 0 amide bonds. The van der Waals surface area contributed by atoms with Crippen LogP contribution in [0, 0.1) is 0 Å². The molecular formula is C9H8F3OS. The van der Waals surface area contributed by atoms with Crippen LogP contribution in [-0.2, 0) is 6.18 Å². The second-order valence-electron chi connectivity index (χ2n) is 2.57. The second kappa shape index (κ2) is 4.59. The average Bonchev–Trinajstić information content (AvgIpc) is 2.14. The summed E-state index contributed by atoms with van der Waals surface area (Å²) in [5.74, 6) is 0.823. The lowest BCUT2D eigenvalue weighted by Crippen LogP contribution is -2.04. The predicted octanol–water partition coefficient (Wildman–Crippen LogP) is 3.28. The quantitative estimate of drug-likeness (QED) is 0.761. The van der Waals surface area contributed by atoms with E-state index in [-0.39, 0.29) is 0 Å². The number of hydrogen-bond donors (Lipinski definition) is 0. The molecule has 0 N–H and O–H groups in total. The van der Waals surface area contributed by atoms with Gasteiger partial charge in [-0.1, -0.05) is 12.6 Å². The van der Waals surface area contributed by atoms with Crippen molar-refractivity contribution in [3.63, 3.8) is 0 Å². The van der Waals surface area contributed by atoms with Crippen molar-refractivity contribution in [2.45, 2.75) is 6.18 Å². The summed E-state index contributed by atoms with van der Waals surface area (Å²) >= 11 is 4.63. The van der Waals surface area contributed by atoms with Crippen molar-refractivity contribution >= 4 is 12.6 Å². The van der Waals surface area contributed by atoms with Crippen LogP contribution < -0.4 is 4.74 Å². The summed E-state index contributed by atoms with van der Waals surface area (Å²) in [6.07, 6.45) is -4.30. The molecule has 0 aliphatic rings. The summed E-state index contributed by atoms with van der Waals surface area (Å²) in [7, 11) is 0. The van der Waals surface area contributed by atoms with Gasteiger partial charge in [-0.3, -0.25) is 0 Å². The fourth-order valence-corrected chi connectivity index (χ4v) is 0.983. The third-order valence-electron chi connectivity index (χ3n) is 1.53. The Labute approximate surface area is 85.3 Å². The number of hydrogen-bond acceptors (Lipinski definition) is 1. The van der Waals surface area contributed by atoms with Crippen LogP contribution in [0.5, 0.6) is 5.75 Å². The van der Waals surface area contributed by atoms with E-state index in [1.807, 2.05) is 0 Å². The SMILES string of the molecule is FC(F)(F)c1ccc(OCC[S])cc1. The Morgan fingerprint density at radius 3 is 2.14 bits per heavy atom. The molecule has 1 radical (unpaired) electrons. The third kappa shape index (κ3) is 3.14. The fraction of sp³-hybridized carbons (Fsp3) is 0.333. The van der Waals surface area contributed by atoms with Gasteiger partial charge in [0, 0.05) is 5.75 Å². The van der Waals surface area contributed by atoms with Gasteiger partial charge in [-0.15, -0.1) is 0 Å². The summed E-state index contributed by atoms with van der Waals surface area (Å²) in [5.41, 5.74) is -0.678. The Kier molecular flexibility index (Phi) is 3.69. The van der Waals surface area contributed by atoms with Gasteiger partial charge >= 0.3 is 6.18 Å². The van der Waals surface area contributed by atoms with E-state index in [2.05, 4.69) is 12.6 Å². The minimum atomic E-state index is -4.30. The molecule has 1 nitrogen and oxygen atoms in total. The molecule has 0 unspecified atom stereocenters. The van der Waals surface area contributed by atoms with Crippen molar-refractivity contribution in [1.29, 1.82) is 0 Å². The maximum atomic E-state index is 12.1. The molecular weight excluding hydrogens is 213 g/mol. The minimum Gasteiger partial charge on any atom is -0.493 e. The smallest absolute Gasteiger partial charge is 0.416 e. The van der Waals surface area contributed by atoms with Crippen molar-refractivity contribution in [1.82, 2.24) is 0 Å². The number of rotatable bonds is 3. The van der Waals surface area contributed by atoms with Gasteiger partial charge in [0.15, 0.2) is 0 Å². The van der Waals surface area contributed by atoms with Crippen molar-refractivity contribution in [2.24, 2.45) is 0 Å². The van der Waals surface area contributed by atoms with E-state index in [1.54, 1.807) is 0 Å². The zero-order chi connectivity index (χ0) is 10.6. The maximum Gasteiger partial charge on any atom is 0.416 e. The van der Waals surface area contributed by atoms with E-state index < -0.39 is 11.7 Å². The van der Waals surface area contributed by atoms with Gasteiger partial charge in [-0.25, -0.2) is 0 Å². The molecule has 0 aliphatic heterocycles. The average molecular weight is 221 g/mol. The zero-order valence-electron chi connectivity index (χ0n) is 7.17. The topological polar surface area (TPSA) is 9.23 Å². The highest BCUT2D eigenvalue weighted by molar-refractivity contribution is 7.80. The lowest BCUT2D eigenvalue weighted by atomic mass is 10.2. The maximum absolute atomic E-state index is 12.1. The van der Waals surface area contributed by atoms with Crippen molar-refractivity contribution in [2.75, 3.05) is 12.4 Å². The van der Waals surface area contributed by atoms with Gasteiger partial charge in [0.1, 0.15) is 5.75 Å². The number of halogens is 3. The van der Waals surface area contributed by atoms with Crippen LogP contribution >= 0.6 is 12.6 Å². The molecule has 0 spiro atoms. The molecule has 14 heavy (non-hydrogen) atoms. The highest BCUT2D eigenvalue weighted by Crippen LogP contribution is 2.30. The summed E-state index contributed by atoms with van der Waals surface area (Å²) in [4.78, 5) is 0. The van der Waals surface area contributed by atoms with Gasteiger partial charge in [-0.05, 0) is 24.3 Å². The van der Waals surface area contributed by atoms with Crippen LogP contribution in [-0.4, -0.2) is 12.4 Å². The molecule has 0 aromatic heterocycles. The van der Waals surface area contributed by atoms with E-state index in [4.69, 9.17) is 4.74 Å². The predicted molar refractivity (Wildman–Crippen MR) is 49.4 cm³/mol. The standard InChI is InChI=1S/C9H8F3OS/c10-9(11,12)7-1-3-8(4-2-7)13-5-6-14/h1-4H,5-6H2. The van der Waals surface area contributed by atoms with Crippen LogP contribution in [0.1, 0.15) is 5.56 Å². The van der Waals surface area contributed by atoms with Crippen LogP contribution in [0.2, 0.25) is 0 Å². The first-order chi connectivity index (χ1) is 6.54. The third-order valence-corrected chi connectivity index (χ3v) is 1.70. The van der Waals surface area contributed by atoms with E-state index >= 15 is 0 Å². The molecule has 0 bridgehead atoms. The minimum absolute atomic E-state index is 0.334. The molecule has 1 aromatic carbocycles. The van der Waals surface area contributed by atoms with E-state index in [1.165, 1.54) is 12.1 Å². The Hall–Kier alpha value is -0.840. The summed E-state index contributed by atoms with van der Waals surface area (Å²) in [6, 6.07) is 4.54. The Bertz CT molecular complexity index is 281. The van der Waals surface area contributed by atoms with E-state index in [0.29, 0.717) is 18.1 Å². The van der Waals surface area contributed by atoms with Crippen molar-refractivity contribution in [3.05, 3.63) is 29.8 Å². The molecule has 5 heteroatoms. The monoisotopic (exact) mass is 221 g/mol. The van der Waals surface area contributed by atoms with Crippen LogP contribution in [0.4, 0.5) is 13.2 Å². The van der Waals surface area contributed by atoms with Gasteiger partial charge in [0.2, 0.25) is 0 Å². The largest absolute Gasteiger partial charge is 0.493 e. The normalized spacial score (nSPS) is 11.4. The lowest BCUT2D eigenvalue weighted by molar-refractivity contribution is -0.137. The first kappa shape index (κ1) is 11.2.